The van der Waals surface area contributed by atoms with E-state index in [1.165, 1.54) is 7.11 Å². The molecule has 1 atom stereocenters. The van der Waals surface area contributed by atoms with Crippen molar-refractivity contribution in [2.45, 2.75) is 26.1 Å². The van der Waals surface area contributed by atoms with Crippen molar-refractivity contribution in [2.24, 2.45) is 0 Å². The summed E-state index contributed by atoms with van der Waals surface area (Å²) in [5.41, 5.74) is -1.43. The average Bonchev–Trinajstić information content (AvgIpc) is 3.28. The second kappa shape index (κ2) is 10.6. The first-order valence-corrected chi connectivity index (χ1v) is 10.6. The zero-order valence-electron chi connectivity index (χ0n) is 18.9. The Kier molecular flexibility index (Phi) is 7.87. The second-order valence-electron chi connectivity index (χ2n) is 7.40. The first kappa shape index (κ1) is 25.2. The van der Waals surface area contributed by atoms with E-state index in [0.717, 1.165) is 29.8 Å². The van der Waals surface area contributed by atoms with Gasteiger partial charge in [-0.05, 0) is 55.1 Å². The van der Waals surface area contributed by atoms with Gasteiger partial charge in [-0.25, -0.2) is 9.07 Å². The summed E-state index contributed by atoms with van der Waals surface area (Å²) < 4.78 is 60.6. The fourth-order valence-electron chi connectivity index (χ4n) is 3.70. The molecule has 0 aliphatic carbocycles. The van der Waals surface area contributed by atoms with Gasteiger partial charge >= 0.3 is 6.18 Å². The molecule has 7 nitrogen and oxygen atoms in total. The monoisotopic (exact) mass is 479 g/mol. The molecular formula is C23H25F4N5O2. The van der Waals surface area contributed by atoms with Crippen molar-refractivity contribution in [1.29, 1.82) is 0 Å². The Labute approximate surface area is 194 Å². The van der Waals surface area contributed by atoms with Crippen molar-refractivity contribution >= 4 is 5.91 Å². The maximum Gasteiger partial charge on any atom is 0.435 e. The van der Waals surface area contributed by atoms with Gasteiger partial charge in [0.25, 0.3) is 5.91 Å². The van der Waals surface area contributed by atoms with Crippen LogP contribution in [0.15, 0.2) is 48.5 Å². The summed E-state index contributed by atoms with van der Waals surface area (Å²) in [5, 5.41) is 9.59. The van der Waals surface area contributed by atoms with Gasteiger partial charge in [-0.1, -0.05) is 31.2 Å². The molecule has 1 unspecified atom stereocenters. The molecule has 0 saturated heterocycles. The van der Waals surface area contributed by atoms with Gasteiger partial charge in [0.15, 0.2) is 11.4 Å². The molecule has 0 aliphatic heterocycles. The Bertz CT molecular complexity index is 1110. The molecule has 34 heavy (non-hydrogen) atoms. The van der Waals surface area contributed by atoms with Crippen LogP contribution >= 0.6 is 0 Å². The maximum absolute atomic E-state index is 13.9. The molecule has 182 valence electrons. The molecule has 11 heteroatoms. The van der Waals surface area contributed by atoms with E-state index < -0.39 is 29.3 Å². The number of likely N-dealkylation sites (N-methyl/N-ethyl adjacent to an activating group) is 1. The number of carbonyl (C=O) groups is 1. The highest BCUT2D eigenvalue weighted by molar-refractivity contribution is 5.93. The van der Waals surface area contributed by atoms with Crippen LogP contribution in [0.25, 0.3) is 5.69 Å². The highest BCUT2D eigenvalue weighted by Crippen LogP contribution is 2.33. The summed E-state index contributed by atoms with van der Waals surface area (Å²) in [6.07, 6.45) is -4.92. The molecule has 0 saturated carbocycles. The number of nitrogens with one attached hydrogen (secondary N) is 1. The van der Waals surface area contributed by atoms with E-state index >= 15 is 0 Å². The van der Waals surface area contributed by atoms with Crippen LogP contribution < -0.4 is 10.1 Å². The molecule has 1 aromatic heterocycles. The lowest BCUT2D eigenvalue weighted by molar-refractivity contribution is -0.143. The zero-order chi connectivity index (χ0) is 24.9. The van der Waals surface area contributed by atoms with Crippen molar-refractivity contribution in [3.8, 4) is 11.4 Å². The van der Waals surface area contributed by atoms with Crippen molar-refractivity contribution in [1.82, 2.24) is 25.2 Å². The number of hydrogen-bond donors (Lipinski definition) is 1. The molecule has 0 spiro atoms. The standard InChI is InChI=1S/C23H25F4N5O2/c1-4-31(5-2)19(15-7-6-8-18(13-15)34-3)14-28-22(33)20-21(23(25,26)27)32(30-29-20)17-11-9-16(24)10-12-17/h6-13,19H,4-5,14H2,1-3H3,(H,28,33). The Hall–Kier alpha value is -3.47. The van der Waals surface area contributed by atoms with Crippen LogP contribution in [0.1, 0.15) is 41.6 Å². The number of amides is 1. The lowest BCUT2D eigenvalue weighted by Gasteiger charge is -2.30. The number of benzene rings is 2. The zero-order valence-corrected chi connectivity index (χ0v) is 18.9. The third kappa shape index (κ3) is 5.53. The quantitative estimate of drug-likeness (QED) is 0.465. The lowest BCUT2D eigenvalue weighted by atomic mass is 10.0. The first-order chi connectivity index (χ1) is 16.2. The van der Waals surface area contributed by atoms with Crippen LogP contribution in [-0.4, -0.2) is 52.5 Å². The van der Waals surface area contributed by atoms with E-state index in [0.29, 0.717) is 23.5 Å². The summed E-state index contributed by atoms with van der Waals surface area (Å²) >= 11 is 0. The molecule has 0 bridgehead atoms. The summed E-state index contributed by atoms with van der Waals surface area (Å²) in [6, 6.07) is 11.2. The van der Waals surface area contributed by atoms with Crippen LogP contribution in [-0.2, 0) is 6.18 Å². The Morgan fingerprint density at radius 1 is 1.15 bits per heavy atom. The Morgan fingerprint density at radius 2 is 1.82 bits per heavy atom. The third-order valence-corrected chi connectivity index (χ3v) is 5.41. The molecule has 1 amide bonds. The van der Waals surface area contributed by atoms with Crippen LogP contribution in [0.5, 0.6) is 5.75 Å². The lowest BCUT2D eigenvalue weighted by Crippen LogP contribution is -2.38. The van der Waals surface area contributed by atoms with Gasteiger partial charge in [0.2, 0.25) is 0 Å². The number of hydrogen-bond acceptors (Lipinski definition) is 5. The summed E-state index contributed by atoms with van der Waals surface area (Å²) in [5.74, 6) is -1.00. The summed E-state index contributed by atoms with van der Waals surface area (Å²) in [7, 11) is 1.54. The molecule has 2 aromatic carbocycles. The average molecular weight is 479 g/mol. The minimum absolute atomic E-state index is 0.0361. The van der Waals surface area contributed by atoms with Gasteiger partial charge in [-0.3, -0.25) is 9.69 Å². The van der Waals surface area contributed by atoms with E-state index in [2.05, 4.69) is 20.5 Å². The number of rotatable bonds is 9. The predicted octanol–water partition coefficient (Wildman–Crippen LogP) is 4.25. The van der Waals surface area contributed by atoms with Crippen molar-refractivity contribution in [3.05, 3.63) is 71.3 Å². The highest BCUT2D eigenvalue weighted by Gasteiger charge is 2.42. The second-order valence-corrected chi connectivity index (χ2v) is 7.40. The highest BCUT2D eigenvalue weighted by atomic mass is 19.4. The SMILES string of the molecule is CCN(CC)C(CNC(=O)c1nnn(-c2ccc(F)cc2)c1C(F)(F)F)c1cccc(OC)c1. The molecular weight excluding hydrogens is 454 g/mol. The van der Waals surface area contributed by atoms with Gasteiger partial charge < -0.3 is 10.1 Å². The molecule has 3 aromatic rings. The maximum atomic E-state index is 13.9. The van der Waals surface area contributed by atoms with Gasteiger partial charge in [0.05, 0.1) is 18.8 Å². The van der Waals surface area contributed by atoms with E-state index in [1.807, 2.05) is 32.0 Å². The molecule has 0 fully saturated rings. The summed E-state index contributed by atoms with van der Waals surface area (Å²) in [4.78, 5) is 14.9. The Balaban J connectivity index is 1.90. The minimum Gasteiger partial charge on any atom is -0.497 e. The Morgan fingerprint density at radius 3 is 2.41 bits per heavy atom. The van der Waals surface area contributed by atoms with Gasteiger partial charge in [-0.15, -0.1) is 5.10 Å². The molecule has 0 aliphatic rings. The predicted molar refractivity (Wildman–Crippen MR) is 117 cm³/mol. The molecule has 0 radical (unpaired) electrons. The van der Waals surface area contributed by atoms with Gasteiger partial charge in [0.1, 0.15) is 11.6 Å². The van der Waals surface area contributed by atoms with E-state index in [9.17, 15) is 22.4 Å². The van der Waals surface area contributed by atoms with Crippen LogP contribution in [0.2, 0.25) is 0 Å². The van der Waals surface area contributed by atoms with Crippen molar-refractivity contribution < 1.29 is 27.1 Å². The largest absolute Gasteiger partial charge is 0.497 e. The first-order valence-electron chi connectivity index (χ1n) is 10.6. The summed E-state index contributed by atoms with van der Waals surface area (Å²) in [6.45, 7) is 5.25. The molecule has 1 N–H and O–H groups in total. The van der Waals surface area contributed by atoms with Crippen LogP contribution in [0.3, 0.4) is 0 Å². The number of alkyl halides is 3. The van der Waals surface area contributed by atoms with Crippen LogP contribution in [0, 0.1) is 5.82 Å². The van der Waals surface area contributed by atoms with E-state index in [1.54, 1.807) is 6.07 Å². The smallest absolute Gasteiger partial charge is 0.435 e. The van der Waals surface area contributed by atoms with E-state index in [4.69, 9.17) is 4.74 Å². The third-order valence-electron chi connectivity index (χ3n) is 5.41. The fraction of sp³-hybridized carbons (Fsp3) is 0.348. The number of carbonyl (C=O) groups excluding carboxylic acids is 1. The number of nitrogens with zero attached hydrogens (tertiary/aromatic N) is 4. The van der Waals surface area contributed by atoms with E-state index in [-0.39, 0.29) is 18.3 Å². The van der Waals surface area contributed by atoms with Gasteiger partial charge in [0, 0.05) is 6.54 Å². The minimum atomic E-state index is -4.92. The normalized spacial score (nSPS) is 12.6. The number of ether oxygens (including phenoxy) is 1. The van der Waals surface area contributed by atoms with Gasteiger partial charge in [-0.2, -0.15) is 13.2 Å². The number of halogens is 4. The van der Waals surface area contributed by atoms with Crippen molar-refractivity contribution in [3.63, 3.8) is 0 Å². The fourth-order valence-corrected chi connectivity index (χ4v) is 3.70. The topological polar surface area (TPSA) is 72.3 Å². The molecule has 3 rings (SSSR count). The molecule has 1 heterocycles. The van der Waals surface area contributed by atoms with Crippen LogP contribution in [0.4, 0.5) is 17.6 Å². The number of methoxy groups -OCH3 is 1. The number of aromatic nitrogens is 3. The van der Waals surface area contributed by atoms with Crippen molar-refractivity contribution in [2.75, 3.05) is 26.7 Å².